The van der Waals surface area contributed by atoms with Crippen molar-refractivity contribution in [3.8, 4) is 6.07 Å². The molecule has 1 aromatic carbocycles. The van der Waals surface area contributed by atoms with Gasteiger partial charge in [0.25, 0.3) is 5.91 Å². The van der Waals surface area contributed by atoms with Gasteiger partial charge in [-0.05, 0) is 25.0 Å². The molecule has 28 heavy (non-hydrogen) atoms. The Bertz CT molecular complexity index is 714. The van der Waals surface area contributed by atoms with E-state index in [0.717, 1.165) is 57.7 Å². The molecule has 1 aromatic rings. The highest BCUT2D eigenvalue weighted by Gasteiger charge is 2.33. The highest BCUT2D eigenvalue weighted by Crippen LogP contribution is 2.27. The molecule has 0 spiro atoms. The summed E-state index contributed by atoms with van der Waals surface area (Å²) in [6.45, 7) is 4.08. The van der Waals surface area contributed by atoms with Crippen LogP contribution in [0.3, 0.4) is 0 Å². The maximum atomic E-state index is 12.2. The SMILES string of the molecule is N#CC1(NC(=O)COC(=O)c2ccc(C[NH+]3CCOCC3)cc2)CCCCC1. The van der Waals surface area contributed by atoms with Crippen LogP contribution in [0, 0.1) is 11.3 Å². The van der Waals surface area contributed by atoms with E-state index in [-0.39, 0.29) is 6.61 Å². The number of amides is 1. The Kier molecular flexibility index (Phi) is 7.01. The van der Waals surface area contributed by atoms with Gasteiger partial charge in [0, 0.05) is 5.56 Å². The third-order valence-corrected chi connectivity index (χ3v) is 5.48. The molecule has 1 aliphatic heterocycles. The Labute approximate surface area is 165 Å². The van der Waals surface area contributed by atoms with Crippen LogP contribution < -0.4 is 10.2 Å². The molecule has 0 radical (unpaired) electrons. The quantitative estimate of drug-likeness (QED) is 0.699. The number of ether oxygens (including phenoxy) is 2. The molecule has 1 heterocycles. The molecular weight excluding hydrogens is 358 g/mol. The second kappa shape index (κ2) is 9.67. The van der Waals surface area contributed by atoms with Crippen molar-refractivity contribution < 1.29 is 24.0 Å². The van der Waals surface area contributed by atoms with Gasteiger partial charge in [-0.25, -0.2) is 4.79 Å². The van der Waals surface area contributed by atoms with Crippen molar-refractivity contribution in [1.29, 1.82) is 5.26 Å². The molecule has 0 unspecified atom stereocenters. The maximum absolute atomic E-state index is 12.2. The number of morpholine rings is 1. The molecule has 2 fully saturated rings. The van der Waals surface area contributed by atoms with Gasteiger partial charge in [-0.1, -0.05) is 31.4 Å². The zero-order chi connectivity index (χ0) is 19.8. The minimum absolute atomic E-state index is 0.373. The first-order chi connectivity index (χ1) is 13.6. The van der Waals surface area contributed by atoms with E-state index in [9.17, 15) is 14.9 Å². The maximum Gasteiger partial charge on any atom is 0.338 e. The number of carbonyl (C=O) groups is 2. The summed E-state index contributed by atoms with van der Waals surface area (Å²) >= 11 is 0. The first-order valence-corrected chi connectivity index (χ1v) is 10.00. The number of carbonyl (C=O) groups excluding carboxylic acids is 2. The van der Waals surface area contributed by atoms with E-state index in [4.69, 9.17) is 9.47 Å². The monoisotopic (exact) mass is 386 g/mol. The summed E-state index contributed by atoms with van der Waals surface area (Å²) in [6, 6.07) is 9.53. The fourth-order valence-corrected chi connectivity index (χ4v) is 3.82. The van der Waals surface area contributed by atoms with E-state index in [1.807, 2.05) is 12.1 Å². The average molecular weight is 386 g/mol. The lowest BCUT2D eigenvalue weighted by Gasteiger charge is -2.31. The van der Waals surface area contributed by atoms with Crippen molar-refractivity contribution in [2.45, 2.75) is 44.2 Å². The van der Waals surface area contributed by atoms with Gasteiger partial charge in [-0.3, -0.25) is 4.79 Å². The minimum atomic E-state index is -0.814. The second-order valence-electron chi connectivity index (χ2n) is 7.61. The zero-order valence-electron chi connectivity index (χ0n) is 16.2. The number of rotatable bonds is 6. The number of nitrogens with one attached hydrogen (secondary N) is 2. The summed E-state index contributed by atoms with van der Waals surface area (Å²) < 4.78 is 10.5. The number of nitriles is 1. The summed E-state index contributed by atoms with van der Waals surface area (Å²) in [5.41, 5.74) is 0.756. The molecule has 1 saturated heterocycles. The van der Waals surface area contributed by atoms with E-state index in [0.29, 0.717) is 18.4 Å². The van der Waals surface area contributed by atoms with Gasteiger partial charge in [-0.2, -0.15) is 5.26 Å². The Balaban J connectivity index is 1.46. The van der Waals surface area contributed by atoms with Crippen LogP contribution in [0.5, 0.6) is 0 Å². The van der Waals surface area contributed by atoms with Crippen LogP contribution >= 0.6 is 0 Å². The van der Waals surface area contributed by atoms with E-state index in [2.05, 4.69) is 11.4 Å². The molecular formula is C21H28N3O4+. The van der Waals surface area contributed by atoms with Crippen molar-refractivity contribution >= 4 is 11.9 Å². The molecule has 1 amide bonds. The number of nitrogens with zero attached hydrogens (tertiary/aromatic N) is 1. The second-order valence-corrected chi connectivity index (χ2v) is 7.61. The van der Waals surface area contributed by atoms with E-state index in [1.54, 1.807) is 12.1 Å². The van der Waals surface area contributed by atoms with Crippen LogP contribution in [0.2, 0.25) is 0 Å². The van der Waals surface area contributed by atoms with Crippen LogP contribution in [0.15, 0.2) is 24.3 Å². The van der Waals surface area contributed by atoms with Gasteiger partial charge in [0.15, 0.2) is 6.61 Å². The van der Waals surface area contributed by atoms with Crippen molar-refractivity contribution in [2.75, 3.05) is 32.9 Å². The van der Waals surface area contributed by atoms with Crippen molar-refractivity contribution in [1.82, 2.24) is 5.32 Å². The average Bonchev–Trinajstić information content (AvgIpc) is 2.74. The predicted octanol–water partition coefficient (Wildman–Crippen LogP) is 0.601. The Morgan fingerprint density at radius 3 is 2.46 bits per heavy atom. The van der Waals surface area contributed by atoms with Gasteiger partial charge in [0.2, 0.25) is 0 Å². The highest BCUT2D eigenvalue weighted by atomic mass is 16.5. The number of quaternary nitrogens is 1. The predicted molar refractivity (Wildman–Crippen MR) is 102 cm³/mol. The summed E-state index contributed by atoms with van der Waals surface area (Å²) in [5.74, 6) is -0.959. The number of benzene rings is 1. The van der Waals surface area contributed by atoms with Crippen LogP contribution in [-0.4, -0.2) is 50.3 Å². The van der Waals surface area contributed by atoms with Crippen molar-refractivity contribution in [3.63, 3.8) is 0 Å². The van der Waals surface area contributed by atoms with Crippen molar-refractivity contribution in [3.05, 3.63) is 35.4 Å². The molecule has 0 bridgehead atoms. The lowest BCUT2D eigenvalue weighted by molar-refractivity contribution is -0.921. The van der Waals surface area contributed by atoms with Crippen LogP contribution in [0.1, 0.15) is 48.0 Å². The fraction of sp³-hybridized carbons (Fsp3) is 0.571. The number of hydrogen-bond donors (Lipinski definition) is 2. The molecule has 150 valence electrons. The summed E-state index contributed by atoms with van der Waals surface area (Å²) in [6.07, 6.45) is 4.22. The van der Waals surface area contributed by atoms with Crippen LogP contribution in [-0.2, 0) is 20.8 Å². The fourth-order valence-electron chi connectivity index (χ4n) is 3.82. The Hall–Kier alpha value is -2.43. The van der Waals surface area contributed by atoms with Gasteiger partial charge < -0.3 is 19.7 Å². The largest absolute Gasteiger partial charge is 0.452 e. The molecule has 7 nitrogen and oxygen atoms in total. The molecule has 1 saturated carbocycles. The topological polar surface area (TPSA) is 92.9 Å². The number of hydrogen-bond acceptors (Lipinski definition) is 5. The molecule has 3 rings (SSSR count). The third-order valence-electron chi connectivity index (χ3n) is 5.48. The van der Waals surface area contributed by atoms with Crippen molar-refractivity contribution in [2.24, 2.45) is 0 Å². The third kappa shape index (κ3) is 5.54. The Morgan fingerprint density at radius 2 is 1.82 bits per heavy atom. The standard InChI is InChI=1S/C21H27N3O4/c22-16-21(8-2-1-3-9-21)23-19(25)15-28-20(26)18-6-4-17(5-7-18)14-24-10-12-27-13-11-24/h4-7H,1-3,8-15H2,(H,23,25)/p+1. The van der Waals surface area contributed by atoms with Gasteiger partial charge in [0.1, 0.15) is 25.2 Å². The minimum Gasteiger partial charge on any atom is -0.452 e. The lowest BCUT2D eigenvalue weighted by Crippen LogP contribution is -3.12. The highest BCUT2D eigenvalue weighted by molar-refractivity contribution is 5.91. The Morgan fingerprint density at radius 1 is 1.14 bits per heavy atom. The van der Waals surface area contributed by atoms with E-state index >= 15 is 0 Å². The van der Waals surface area contributed by atoms with Gasteiger partial charge >= 0.3 is 5.97 Å². The summed E-state index contributed by atoms with van der Waals surface area (Å²) in [7, 11) is 0. The van der Waals surface area contributed by atoms with Gasteiger partial charge in [-0.15, -0.1) is 0 Å². The lowest BCUT2D eigenvalue weighted by atomic mass is 9.83. The summed E-state index contributed by atoms with van der Waals surface area (Å²) in [5, 5.41) is 12.2. The molecule has 0 aromatic heterocycles. The molecule has 0 atom stereocenters. The normalized spacial score (nSPS) is 19.4. The smallest absolute Gasteiger partial charge is 0.338 e. The molecule has 2 aliphatic rings. The summed E-state index contributed by atoms with van der Waals surface area (Å²) in [4.78, 5) is 25.8. The first-order valence-electron chi connectivity index (χ1n) is 10.00. The van der Waals surface area contributed by atoms with E-state index < -0.39 is 17.4 Å². The molecule has 1 aliphatic carbocycles. The van der Waals surface area contributed by atoms with Crippen LogP contribution in [0.4, 0.5) is 0 Å². The number of esters is 1. The van der Waals surface area contributed by atoms with Gasteiger partial charge in [0.05, 0.1) is 24.8 Å². The zero-order valence-corrected chi connectivity index (χ0v) is 16.2. The molecule has 2 N–H and O–H groups in total. The van der Waals surface area contributed by atoms with Crippen LogP contribution in [0.25, 0.3) is 0 Å². The van der Waals surface area contributed by atoms with E-state index in [1.165, 1.54) is 4.90 Å². The molecule has 7 heteroatoms. The first kappa shape index (κ1) is 20.3.